The van der Waals surface area contributed by atoms with Crippen molar-refractivity contribution in [3.63, 3.8) is 0 Å². The van der Waals surface area contributed by atoms with Crippen molar-refractivity contribution in [1.29, 1.82) is 0 Å². The van der Waals surface area contributed by atoms with Crippen LogP contribution in [0.25, 0.3) is 0 Å². The predicted molar refractivity (Wildman–Crippen MR) is 102 cm³/mol. The van der Waals surface area contributed by atoms with Gasteiger partial charge in [-0.1, -0.05) is 6.07 Å². The average Bonchev–Trinajstić information content (AvgIpc) is 2.64. The molecule has 0 N–H and O–H groups in total. The van der Waals surface area contributed by atoms with Gasteiger partial charge in [-0.3, -0.25) is 10.1 Å². The number of rotatable bonds is 5. The molecule has 1 saturated heterocycles. The van der Waals surface area contributed by atoms with Gasteiger partial charge in [0.1, 0.15) is 5.75 Å². The van der Waals surface area contributed by atoms with E-state index in [1.54, 1.807) is 6.07 Å². The molecule has 1 aliphatic rings. The highest BCUT2D eigenvalue weighted by Gasteiger charge is 2.29. The summed E-state index contributed by atoms with van der Waals surface area (Å²) in [5, 5.41) is 11.5. The van der Waals surface area contributed by atoms with Gasteiger partial charge < -0.3 is 9.47 Å². The van der Waals surface area contributed by atoms with Gasteiger partial charge in [0.05, 0.1) is 27.5 Å². The van der Waals surface area contributed by atoms with Crippen LogP contribution in [0.5, 0.6) is 11.5 Å². The highest BCUT2D eigenvalue weighted by molar-refractivity contribution is 9.10. The average molecular weight is 457 g/mol. The van der Waals surface area contributed by atoms with Crippen LogP contribution in [-0.2, 0) is 14.8 Å². The van der Waals surface area contributed by atoms with Crippen molar-refractivity contribution in [2.24, 2.45) is 0 Å². The molecule has 8 nitrogen and oxygen atoms in total. The summed E-state index contributed by atoms with van der Waals surface area (Å²) in [6.07, 6.45) is 0. The Bertz CT molecular complexity index is 973. The van der Waals surface area contributed by atoms with Gasteiger partial charge in [0.15, 0.2) is 0 Å². The molecule has 0 atom stereocenters. The van der Waals surface area contributed by atoms with Gasteiger partial charge in [-0.25, -0.2) is 8.42 Å². The third-order valence-corrected chi connectivity index (χ3v) is 6.56. The lowest BCUT2D eigenvalue weighted by atomic mass is 10.2. The molecule has 0 radical (unpaired) electrons. The largest absolute Gasteiger partial charge is 0.449 e. The summed E-state index contributed by atoms with van der Waals surface area (Å²) in [6.45, 7) is 2.92. The fourth-order valence-electron chi connectivity index (χ4n) is 2.63. The maximum atomic E-state index is 12.7. The molecule has 0 amide bonds. The van der Waals surface area contributed by atoms with Crippen molar-refractivity contribution in [1.82, 2.24) is 4.31 Å². The normalized spacial score (nSPS) is 15.5. The Balaban J connectivity index is 1.96. The van der Waals surface area contributed by atoms with E-state index in [-0.39, 0.29) is 23.7 Å². The zero-order chi connectivity index (χ0) is 19.6. The first-order valence-electron chi connectivity index (χ1n) is 8.09. The number of morpholine rings is 1. The third-order valence-electron chi connectivity index (χ3n) is 4.04. The van der Waals surface area contributed by atoms with Crippen LogP contribution in [0.1, 0.15) is 5.56 Å². The Morgan fingerprint density at radius 1 is 1.15 bits per heavy atom. The van der Waals surface area contributed by atoms with Crippen LogP contribution >= 0.6 is 15.9 Å². The molecule has 0 bridgehead atoms. The summed E-state index contributed by atoms with van der Waals surface area (Å²) in [7, 11) is -3.84. The minimum atomic E-state index is -3.84. The number of hydrogen-bond acceptors (Lipinski definition) is 6. The molecule has 1 fully saturated rings. The van der Waals surface area contributed by atoms with Crippen molar-refractivity contribution in [2.45, 2.75) is 11.8 Å². The SMILES string of the molecule is Cc1ccc(Oc2ccc(S(=O)(=O)N3CCOCC3)cc2[N+](=O)[O-])c(Br)c1. The smallest absolute Gasteiger partial charge is 0.312 e. The van der Waals surface area contributed by atoms with Crippen LogP contribution in [0.2, 0.25) is 0 Å². The maximum Gasteiger partial charge on any atom is 0.312 e. The molecular weight excluding hydrogens is 440 g/mol. The van der Waals surface area contributed by atoms with E-state index < -0.39 is 20.6 Å². The third kappa shape index (κ3) is 4.29. The lowest BCUT2D eigenvalue weighted by Crippen LogP contribution is -2.40. The lowest BCUT2D eigenvalue weighted by Gasteiger charge is -2.26. The first-order chi connectivity index (χ1) is 12.8. The van der Waals surface area contributed by atoms with Crippen LogP contribution in [0, 0.1) is 17.0 Å². The summed E-state index contributed by atoms with van der Waals surface area (Å²) < 4.78 is 38.2. The zero-order valence-electron chi connectivity index (χ0n) is 14.4. The second-order valence-corrected chi connectivity index (χ2v) is 8.73. The predicted octanol–water partition coefficient (Wildman–Crippen LogP) is 3.48. The Kier molecular flexibility index (Phi) is 5.80. The van der Waals surface area contributed by atoms with Gasteiger partial charge in [-0.05, 0) is 52.7 Å². The minimum Gasteiger partial charge on any atom is -0.449 e. The standard InChI is InChI=1S/C17H17BrN2O6S/c1-12-2-4-16(14(18)10-12)26-17-5-3-13(11-15(17)20(21)22)27(23,24)19-6-8-25-9-7-19/h2-5,10-11H,6-9H2,1H3. The van der Waals surface area contributed by atoms with E-state index in [9.17, 15) is 18.5 Å². The molecule has 2 aromatic carbocycles. The van der Waals surface area contributed by atoms with Crippen molar-refractivity contribution in [3.05, 3.63) is 56.5 Å². The molecule has 1 aliphatic heterocycles. The van der Waals surface area contributed by atoms with Gasteiger partial charge in [0, 0.05) is 19.2 Å². The first-order valence-corrected chi connectivity index (χ1v) is 10.3. The van der Waals surface area contributed by atoms with E-state index in [2.05, 4.69) is 15.9 Å². The molecule has 0 saturated carbocycles. The number of hydrogen-bond donors (Lipinski definition) is 0. The van der Waals surface area contributed by atoms with Crippen molar-refractivity contribution >= 4 is 31.6 Å². The number of sulfonamides is 1. The molecule has 1 heterocycles. The number of ether oxygens (including phenoxy) is 2. The summed E-state index contributed by atoms with van der Waals surface area (Å²) >= 11 is 3.36. The molecule has 0 aliphatic carbocycles. The number of nitro benzene ring substituents is 1. The number of nitro groups is 1. The molecule has 144 valence electrons. The topological polar surface area (TPSA) is 99.0 Å². The highest BCUT2D eigenvalue weighted by Crippen LogP contribution is 2.37. The molecule has 0 aromatic heterocycles. The molecule has 2 aromatic rings. The quantitative estimate of drug-likeness (QED) is 0.504. The van der Waals surface area contributed by atoms with E-state index in [1.807, 2.05) is 19.1 Å². The van der Waals surface area contributed by atoms with Gasteiger partial charge in [-0.15, -0.1) is 0 Å². The molecule has 0 unspecified atom stereocenters. The van der Waals surface area contributed by atoms with E-state index in [4.69, 9.17) is 9.47 Å². The second-order valence-electron chi connectivity index (χ2n) is 5.94. The fourth-order valence-corrected chi connectivity index (χ4v) is 4.63. The number of halogens is 1. The van der Waals surface area contributed by atoms with Crippen LogP contribution in [0.15, 0.2) is 45.8 Å². The Hall–Kier alpha value is -2.01. The summed E-state index contributed by atoms with van der Waals surface area (Å²) in [5.41, 5.74) is 0.576. The molecule has 27 heavy (non-hydrogen) atoms. The van der Waals surface area contributed by atoms with E-state index in [0.29, 0.717) is 23.4 Å². The van der Waals surface area contributed by atoms with Gasteiger partial charge >= 0.3 is 5.69 Å². The van der Waals surface area contributed by atoms with E-state index in [1.165, 1.54) is 16.4 Å². The number of benzene rings is 2. The summed E-state index contributed by atoms with van der Waals surface area (Å²) in [6, 6.07) is 8.96. The second kappa shape index (κ2) is 7.93. The minimum absolute atomic E-state index is 0.0366. The van der Waals surface area contributed by atoms with Gasteiger partial charge in [-0.2, -0.15) is 4.31 Å². The Morgan fingerprint density at radius 2 is 1.81 bits per heavy atom. The zero-order valence-corrected chi connectivity index (χ0v) is 16.8. The fraction of sp³-hybridized carbons (Fsp3) is 0.294. The summed E-state index contributed by atoms with van der Waals surface area (Å²) in [4.78, 5) is 10.7. The van der Waals surface area contributed by atoms with Crippen LogP contribution in [-0.4, -0.2) is 43.9 Å². The van der Waals surface area contributed by atoms with Gasteiger partial charge in [0.2, 0.25) is 15.8 Å². The number of aryl methyl sites for hydroxylation is 1. The molecule has 3 rings (SSSR count). The monoisotopic (exact) mass is 456 g/mol. The highest BCUT2D eigenvalue weighted by atomic mass is 79.9. The Morgan fingerprint density at radius 3 is 2.44 bits per heavy atom. The van der Waals surface area contributed by atoms with Crippen molar-refractivity contribution in [2.75, 3.05) is 26.3 Å². The number of nitrogens with zero attached hydrogens (tertiary/aromatic N) is 2. The molecule has 0 spiro atoms. The van der Waals surface area contributed by atoms with Gasteiger partial charge in [0.25, 0.3) is 0 Å². The van der Waals surface area contributed by atoms with Crippen molar-refractivity contribution in [3.8, 4) is 11.5 Å². The van der Waals surface area contributed by atoms with Crippen LogP contribution in [0.3, 0.4) is 0 Å². The van der Waals surface area contributed by atoms with Crippen LogP contribution in [0.4, 0.5) is 5.69 Å². The van der Waals surface area contributed by atoms with Crippen LogP contribution < -0.4 is 4.74 Å². The maximum absolute atomic E-state index is 12.7. The lowest BCUT2D eigenvalue weighted by molar-refractivity contribution is -0.385. The Labute approximate surface area is 165 Å². The first kappa shape index (κ1) is 19.7. The summed E-state index contributed by atoms with van der Waals surface area (Å²) in [5.74, 6) is 0.359. The van der Waals surface area contributed by atoms with E-state index >= 15 is 0 Å². The molecular formula is C17H17BrN2O6S. The molecule has 10 heteroatoms. The van der Waals surface area contributed by atoms with E-state index in [0.717, 1.165) is 11.6 Å². The van der Waals surface area contributed by atoms with Crippen molar-refractivity contribution < 1.29 is 22.8 Å².